The molecular weight excluding hydrogens is 276 g/mol. The van der Waals surface area contributed by atoms with Gasteiger partial charge in [0.25, 0.3) is 0 Å². The molecule has 20 heavy (non-hydrogen) atoms. The minimum atomic E-state index is -0.225. The number of rotatable bonds is 3. The van der Waals surface area contributed by atoms with Crippen LogP contribution in [0.5, 0.6) is 0 Å². The topological polar surface area (TPSA) is 58.2 Å². The lowest BCUT2D eigenvalue weighted by atomic mass is 9.89. The zero-order chi connectivity index (χ0) is 14.4. The van der Waals surface area contributed by atoms with Crippen LogP contribution in [-0.2, 0) is 16.0 Å². The Morgan fingerprint density at radius 1 is 1.05 bits per heavy atom. The Kier molecular flexibility index (Phi) is 5.41. The third kappa shape index (κ3) is 4.53. The van der Waals surface area contributed by atoms with E-state index >= 15 is 0 Å². The van der Waals surface area contributed by atoms with Gasteiger partial charge in [-0.15, -0.1) is 0 Å². The molecule has 1 saturated carbocycles. The summed E-state index contributed by atoms with van der Waals surface area (Å²) in [6, 6.07) is 7.07. The summed E-state index contributed by atoms with van der Waals surface area (Å²) < 4.78 is 0. The van der Waals surface area contributed by atoms with Crippen molar-refractivity contribution in [2.75, 3.05) is 0 Å². The average molecular weight is 295 g/mol. The van der Waals surface area contributed by atoms with Gasteiger partial charge >= 0.3 is 0 Å². The zero-order valence-electron chi connectivity index (χ0n) is 11.3. The summed E-state index contributed by atoms with van der Waals surface area (Å²) in [6.45, 7) is 0. The fourth-order valence-electron chi connectivity index (χ4n) is 2.43. The van der Waals surface area contributed by atoms with Crippen LogP contribution in [0.25, 0.3) is 0 Å². The lowest BCUT2D eigenvalue weighted by Gasteiger charge is -2.20. The zero-order valence-corrected chi connectivity index (χ0v) is 12.1. The number of amides is 2. The number of carbonyl (C=O) groups is 2. The van der Waals surface area contributed by atoms with Crippen LogP contribution >= 0.6 is 11.6 Å². The Balaban J connectivity index is 1.74. The number of hydrogen-bond acceptors (Lipinski definition) is 2. The maximum atomic E-state index is 11.9. The molecule has 1 fully saturated rings. The van der Waals surface area contributed by atoms with E-state index in [1.165, 1.54) is 6.42 Å². The second kappa shape index (κ2) is 7.29. The predicted octanol–water partition coefficient (Wildman–Crippen LogP) is 2.61. The van der Waals surface area contributed by atoms with Crippen molar-refractivity contribution < 1.29 is 9.59 Å². The molecule has 0 aliphatic heterocycles. The van der Waals surface area contributed by atoms with E-state index in [1.807, 2.05) is 0 Å². The lowest BCUT2D eigenvalue weighted by molar-refractivity contribution is -0.131. The van der Waals surface area contributed by atoms with Crippen molar-refractivity contribution in [2.45, 2.75) is 38.5 Å². The van der Waals surface area contributed by atoms with E-state index in [1.54, 1.807) is 24.3 Å². The molecule has 2 amide bonds. The molecule has 0 unspecified atom stereocenters. The quantitative estimate of drug-likeness (QED) is 0.842. The maximum Gasteiger partial charge on any atom is 0.242 e. The van der Waals surface area contributed by atoms with Crippen LogP contribution < -0.4 is 10.9 Å². The lowest BCUT2D eigenvalue weighted by Crippen LogP contribution is -2.45. The van der Waals surface area contributed by atoms with Crippen molar-refractivity contribution in [1.29, 1.82) is 0 Å². The van der Waals surface area contributed by atoms with Gasteiger partial charge in [-0.2, -0.15) is 0 Å². The van der Waals surface area contributed by atoms with Gasteiger partial charge in [0.15, 0.2) is 0 Å². The maximum absolute atomic E-state index is 11.9. The molecule has 0 aromatic heterocycles. The van der Waals surface area contributed by atoms with Crippen LogP contribution in [0.3, 0.4) is 0 Å². The molecule has 0 radical (unpaired) electrons. The summed E-state index contributed by atoms with van der Waals surface area (Å²) in [5.41, 5.74) is 5.85. The molecule has 1 aliphatic carbocycles. The van der Waals surface area contributed by atoms with Gasteiger partial charge in [0, 0.05) is 10.9 Å². The summed E-state index contributed by atoms with van der Waals surface area (Å²) in [5, 5.41) is 0.639. The van der Waals surface area contributed by atoms with Gasteiger partial charge in [-0.1, -0.05) is 43.0 Å². The van der Waals surface area contributed by atoms with E-state index in [9.17, 15) is 9.59 Å². The molecule has 108 valence electrons. The second-order valence-corrected chi connectivity index (χ2v) is 5.61. The van der Waals surface area contributed by atoms with Crippen molar-refractivity contribution >= 4 is 23.4 Å². The summed E-state index contributed by atoms with van der Waals surface area (Å²) in [5.74, 6) is -0.259. The average Bonchev–Trinajstić information content (AvgIpc) is 2.48. The number of hydrogen-bond donors (Lipinski definition) is 2. The minimum Gasteiger partial charge on any atom is -0.273 e. The van der Waals surface area contributed by atoms with Crippen molar-refractivity contribution in [1.82, 2.24) is 10.9 Å². The van der Waals surface area contributed by atoms with Crippen molar-refractivity contribution in [3.05, 3.63) is 34.9 Å². The summed E-state index contributed by atoms with van der Waals surface area (Å²) in [7, 11) is 0. The number of benzene rings is 1. The van der Waals surface area contributed by atoms with Crippen molar-refractivity contribution in [2.24, 2.45) is 5.92 Å². The van der Waals surface area contributed by atoms with E-state index in [0.717, 1.165) is 31.2 Å². The van der Waals surface area contributed by atoms with E-state index in [0.29, 0.717) is 5.02 Å². The van der Waals surface area contributed by atoms with Crippen LogP contribution in [0.4, 0.5) is 0 Å². The number of halogens is 1. The normalized spacial score (nSPS) is 15.7. The third-order valence-electron chi connectivity index (χ3n) is 3.58. The molecule has 1 aromatic rings. The van der Waals surface area contributed by atoms with E-state index in [2.05, 4.69) is 10.9 Å². The van der Waals surface area contributed by atoms with Crippen LogP contribution in [0.1, 0.15) is 37.7 Å². The summed E-state index contributed by atoms with van der Waals surface area (Å²) in [4.78, 5) is 23.6. The molecule has 0 bridgehead atoms. The molecule has 1 aliphatic rings. The van der Waals surface area contributed by atoms with Crippen molar-refractivity contribution in [3.8, 4) is 0 Å². The first-order chi connectivity index (χ1) is 9.65. The third-order valence-corrected chi connectivity index (χ3v) is 3.83. The highest BCUT2D eigenvalue weighted by molar-refractivity contribution is 6.30. The highest BCUT2D eigenvalue weighted by atomic mass is 35.5. The smallest absolute Gasteiger partial charge is 0.242 e. The first-order valence-electron chi connectivity index (χ1n) is 6.98. The van der Waals surface area contributed by atoms with Gasteiger partial charge in [-0.05, 0) is 30.5 Å². The summed E-state index contributed by atoms with van der Waals surface area (Å²) in [6.07, 6.45) is 5.44. The SMILES string of the molecule is O=C(Cc1ccc(Cl)cc1)NNC(=O)C1CCCCC1. The van der Waals surface area contributed by atoms with E-state index < -0.39 is 0 Å². The minimum absolute atomic E-state index is 0.0413. The first-order valence-corrected chi connectivity index (χ1v) is 7.36. The highest BCUT2D eigenvalue weighted by Crippen LogP contribution is 2.23. The van der Waals surface area contributed by atoms with Gasteiger partial charge < -0.3 is 0 Å². The van der Waals surface area contributed by atoms with Gasteiger partial charge in [-0.25, -0.2) is 0 Å². The molecule has 0 heterocycles. The fourth-order valence-corrected chi connectivity index (χ4v) is 2.56. The first kappa shape index (κ1) is 14.9. The number of nitrogens with one attached hydrogen (secondary N) is 2. The van der Waals surface area contributed by atoms with Crippen LogP contribution in [0.2, 0.25) is 5.02 Å². The Bertz CT molecular complexity index is 467. The highest BCUT2D eigenvalue weighted by Gasteiger charge is 2.21. The summed E-state index contributed by atoms with van der Waals surface area (Å²) >= 11 is 5.78. The molecule has 0 saturated heterocycles. The standard InChI is InChI=1S/C15H19ClN2O2/c16-13-8-6-11(7-9-13)10-14(19)17-18-15(20)12-4-2-1-3-5-12/h6-9,12H,1-5,10H2,(H,17,19)(H,18,20). The van der Waals surface area contributed by atoms with Gasteiger partial charge in [0.05, 0.1) is 6.42 Å². The molecule has 4 nitrogen and oxygen atoms in total. The Hall–Kier alpha value is -1.55. The Morgan fingerprint density at radius 2 is 1.70 bits per heavy atom. The second-order valence-electron chi connectivity index (χ2n) is 5.18. The predicted molar refractivity (Wildman–Crippen MR) is 78.0 cm³/mol. The molecule has 0 atom stereocenters. The van der Waals surface area contributed by atoms with Crippen LogP contribution in [-0.4, -0.2) is 11.8 Å². The molecule has 0 spiro atoms. The molecular formula is C15H19ClN2O2. The largest absolute Gasteiger partial charge is 0.273 e. The van der Waals surface area contributed by atoms with Gasteiger partial charge in [0.1, 0.15) is 0 Å². The van der Waals surface area contributed by atoms with E-state index in [4.69, 9.17) is 11.6 Å². The molecule has 2 rings (SSSR count). The Labute approximate surface area is 123 Å². The number of hydrazine groups is 1. The molecule has 2 N–H and O–H groups in total. The van der Waals surface area contributed by atoms with Gasteiger partial charge in [0.2, 0.25) is 11.8 Å². The molecule has 5 heteroatoms. The van der Waals surface area contributed by atoms with Crippen LogP contribution in [0, 0.1) is 5.92 Å². The van der Waals surface area contributed by atoms with Gasteiger partial charge in [-0.3, -0.25) is 20.4 Å². The monoisotopic (exact) mass is 294 g/mol. The Morgan fingerprint density at radius 3 is 2.35 bits per heavy atom. The van der Waals surface area contributed by atoms with Crippen molar-refractivity contribution in [3.63, 3.8) is 0 Å². The molecule has 1 aromatic carbocycles. The van der Waals surface area contributed by atoms with Crippen LogP contribution in [0.15, 0.2) is 24.3 Å². The van der Waals surface area contributed by atoms with E-state index in [-0.39, 0.29) is 24.2 Å². The fraction of sp³-hybridized carbons (Fsp3) is 0.467. The number of carbonyl (C=O) groups excluding carboxylic acids is 2.